The van der Waals surface area contributed by atoms with Gasteiger partial charge in [-0.25, -0.2) is 0 Å². The van der Waals surface area contributed by atoms with Gasteiger partial charge >= 0.3 is 0 Å². The number of nitrogens with zero attached hydrogens (tertiary/aromatic N) is 1. The minimum Gasteiger partial charge on any atom is -0.299 e. The largest absolute Gasteiger partial charge is 0.299 e. The molecule has 0 radical (unpaired) electrons. The third-order valence-electron chi connectivity index (χ3n) is 2.91. The van der Waals surface area contributed by atoms with Crippen LogP contribution < -0.4 is 0 Å². The summed E-state index contributed by atoms with van der Waals surface area (Å²) in [5.41, 5.74) is 1.41. The summed E-state index contributed by atoms with van der Waals surface area (Å²) in [6, 6.07) is 8.78. The summed E-state index contributed by atoms with van der Waals surface area (Å²) >= 11 is 8.21. The average Bonchev–Trinajstić information content (AvgIpc) is 2.69. The highest BCUT2D eigenvalue weighted by atomic mass is 127. The molecule has 15 heavy (non-hydrogen) atoms. The van der Waals surface area contributed by atoms with Gasteiger partial charge in [0.25, 0.3) is 0 Å². The van der Waals surface area contributed by atoms with Crippen molar-refractivity contribution in [1.82, 2.24) is 4.90 Å². The lowest BCUT2D eigenvalue weighted by atomic mass is 10.2. The van der Waals surface area contributed by atoms with Crippen LogP contribution in [0.25, 0.3) is 0 Å². The first-order chi connectivity index (χ1) is 7.28. The first-order valence-corrected chi connectivity index (χ1v) is 6.92. The van der Waals surface area contributed by atoms with Gasteiger partial charge in [-0.05, 0) is 59.2 Å². The van der Waals surface area contributed by atoms with Gasteiger partial charge in [0, 0.05) is 22.5 Å². The summed E-state index contributed by atoms with van der Waals surface area (Å²) in [5.74, 6) is 1.51. The van der Waals surface area contributed by atoms with E-state index in [1.54, 1.807) is 0 Å². The van der Waals surface area contributed by atoms with Gasteiger partial charge in [0.05, 0.1) is 0 Å². The molecule has 1 nitrogen and oxygen atoms in total. The lowest BCUT2D eigenvalue weighted by Gasteiger charge is -2.15. The number of rotatable bonds is 3. The minimum atomic E-state index is 0.704. The molecule has 2 rings (SSSR count). The predicted molar refractivity (Wildman–Crippen MR) is 73.3 cm³/mol. The lowest BCUT2D eigenvalue weighted by molar-refractivity contribution is 0.321. The first kappa shape index (κ1) is 11.7. The molecule has 1 fully saturated rings. The number of alkyl halides is 1. The van der Waals surface area contributed by atoms with Crippen LogP contribution in [0.15, 0.2) is 24.3 Å². The molecule has 1 saturated heterocycles. The highest BCUT2D eigenvalue weighted by molar-refractivity contribution is 14.1. The molecular weight excluding hydrogens is 320 g/mol. The second-order valence-electron chi connectivity index (χ2n) is 4.17. The fourth-order valence-corrected chi connectivity index (χ4v) is 2.64. The number of hydrogen-bond acceptors (Lipinski definition) is 1. The summed E-state index contributed by atoms with van der Waals surface area (Å²) in [5, 5.41) is 0. The Hall–Kier alpha value is 0.200. The minimum absolute atomic E-state index is 0.704. The van der Waals surface area contributed by atoms with E-state index in [4.69, 9.17) is 11.6 Å². The van der Waals surface area contributed by atoms with Crippen LogP contribution in [0.5, 0.6) is 0 Å². The van der Waals surface area contributed by atoms with Crippen LogP contribution in [0.1, 0.15) is 12.0 Å². The van der Waals surface area contributed by atoms with E-state index in [2.05, 4.69) is 51.8 Å². The van der Waals surface area contributed by atoms with Crippen molar-refractivity contribution in [2.24, 2.45) is 5.92 Å². The molecule has 82 valence electrons. The van der Waals surface area contributed by atoms with Gasteiger partial charge in [-0.2, -0.15) is 0 Å². The van der Waals surface area contributed by atoms with E-state index in [1.807, 2.05) is 0 Å². The summed E-state index contributed by atoms with van der Waals surface area (Å²) in [4.78, 5) is 2.50. The van der Waals surface area contributed by atoms with Crippen molar-refractivity contribution in [2.45, 2.75) is 13.0 Å². The second kappa shape index (κ2) is 5.51. The third-order valence-corrected chi connectivity index (χ3v) is 4.06. The second-order valence-corrected chi connectivity index (χ2v) is 5.72. The fraction of sp³-hybridized carbons (Fsp3) is 0.500. The van der Waals surface area contributed by atoms with Gasteiger partial charge in [0.1, 0.15) is 0 Å². The Kier molecular flexibility index (Phi) is 4.29. The van der Waals surface area contributed by atoms with Crippen LogP contribution in [0.2, 0.25) is 0 Å². The van der Waals surface area contributed by atoms with Crippen LogP contribution in [-0.2, 0) is 6.54 Å². The lowest BCUT2D eigenvalue weighted by Crippen LogP contribution is -2.20. The Morgan fingerprint density at radius 3 is 2.67 bits per heavy atom. The third kappa shape index (κ3) is 3.33. The molecule has 0 bridgehead atoms. The first-order valence-electron chi connectivity index (χ1n) is 5.30. The van der Waals surface area contributed by atoms with E-state index >= 15 is 0 Å². The van der Waals surface area contributed by atoms with Gasteiger partial charge in [0.15, 0.2) is 0 Å². The van der Waals surface area contributed by atoms with Crippen LogP contribution in [-0.4, -0.2) is 23.9 Å². The zero-order chi connectivity index (χ0) is 10.7. The molecule has 0 N–H and O–H groups in total. The molecule has 3 heteroatoms. The number of benzene rings is 1. The van der Waals surface area contributed by atoms with Crippen molar-refractivity contribution in [3.05, 3.63) is 33.4 Å². The van der Waals surface area contributed by atoms with E-state index in [-0.39, 0.29) is 0 Å². The summed E-state index contributed by atoms with van der Waals surface area (Å²) in [6.07, 6.45) is 1.26. The Morgan fingerprint density at radius 1 is 1.33 bits per heavy atom. The van der Waals surface area contributed by atoms with Gasteiger partial charge in [0.2, 0.25) is 0 Å². The van der Waals surface area contributed by atoms with Crippen LogP contribution in [0.3, 0.4) is 0 Å². The van der Waals surface area contributed by atoms with Gasteiger partial charge < -0.3 is 0 Å². The quantitative estimate of drug-likeness (QED) is 0.605. The number of hydrogen-bond donors (Lipinski definition) is 0. The predicted octanol–water partition coefficient (Wildman–Crippen LogP) is 3.35. The standard InChI is InChI=1S/C12H15ClIN/c13-7-11-5-6-15(9-11)8-10-1-3-12(14)4-2-10/h1-4,11H,5-9H2. The average molecular weight is 336 g/mol. The topological polar surface area (TPSA) is 3.24 Å². The maximum Gasteiger partial charge on any atom is 0.0264 e. The maximum absolute atomic E-state index is 5.87. The highest BCUT2D eigenvalue weighted by Gasteiger charge is 2.21. The highest BCUT2D eigenvalue weighted by Crippen LogP contribution is 2.19. The van der Waals surface area contributed by atoms with Gasteiger partial charge in [-0.1, -0.05) is 12.1 Å². The van der Waals surface area contributed by atoms with Gasteiger partial charge in [-0.15, -0.1) is 11.6 Å². The zero-order valence-corrected chi connectivity index (χ0v) is 11.5. The molecule has 0 spiro atoms. The zero-order valence-electron chi connectivity index (χ0n) is 8.63. The smallest absolute Gasteiger partial charge is 0.0264 e. The molecule has 1 aliphatic rings. The number of halogens is 2. The van der Waals surface area contributed by atoms with Crippen LogP contribution in [0.4, 0.5) is 0 Å². The van der Waals surface area contributed by atoms with E-state index in [9.17, 15) is 0 Å². The Labute approximate surface area is 110 Å². The normalized spacial score (nSPS) is 22.1. The molecule has 1 unspecified atom stereocenters. The Morgan fingerprint density at radius 2 is 2.07 bits per heavy atom. The molecule has 0 amide bonds. The molecular formula is C12H15ClIN. The fourth-order valence-electron chi connectivity index (χ4n) is 2.03. The van der Waals surface area contributed by atoms with Crippen molar-refractivity contribution < 1.29 is 0 Å². The van der Waals surface area contributed by atoms with Gasteiger partial charge in [-0.3, -0.25) is 4.90 Å². The summed E-state index contributed by atoms with van der Waals surface area (Å²) in [7, 11) is 0. The summed E-state index contributed by atoms with van der Waals surface area (Å²) in [6.45, 7) is 3.43. The SMILES string of the molecule is ClCC1CCN(Cc2ccc(I)cc2)C1. The Bertz CT molecular complexity index is 312. The van der Waals surface area contributed by atoms with Crippen molar-refractivity contribution >= 4 is 34.2 Å². The number of likely N-dealkylation sites (tertiary alicyclic amines) is 1. The van der Waals surface area contributed by atoms with E-state index < -0.39 is 0 Å². The molecule has 1 atom stereocenters. The molecule has 0 aliphatic carbocycles. The van der Waals surface area contributed by atoms with E-state index in [0.29, 0.717) is 5.92 Å². The summed E-state index contributed by atoms with van der Waals surface area (Å²) < 4.78 is 1.30. The molecule has 0 saturated carbocycles. The molecule has 1 aromatic rings. The molecule has 1 aromatic carbocycles. The van der Waals surface area contributed by atoms with E-state index in [0.717, 1.165) is 19.0 Å². The Balaban J connectivity index is 1.90. The molecule has 1 heterocycles. The van der Waals surface area contributed by atoms with Crippen molar-refractivity contribution in [3.8, 4) is 0 Å². The van der Waals surface area contributed by atoms with E-state index in [1.165, 1.54) is 22.1 Å². The van der Waals surface area contributed by atoms with Crippen molar-refractivity contribution in [3.63, 3.8) is 0 Å². The van der Waals surface area contributed by atoms with Crippen molar-refractivity contribution in [2.75, 3.05) is 19.0 Å². The van der Waals surface area contributed by atoms with Crippen LogP contribution >= 0.6 is 34.2 Å². The van der Waals surface area contributed by atoms with Crippen LogP contribution in [0, 0.1) is 9.49 Å². The molecule has 0 aromatic heterocycles. The monoisotopic (exact) mass is 335 g/mol. The maximum atomic E-state index is 5.87. The molecule has 1 aliphatic heterocycles. The van der Waals surface area contributed by atoms with Crippen molar-refractivity contribution in [1.29, 1.82) is 0 Å².